The van der Waals surface area contributed by atoms with E-state index in [9.17, 15) is 19.2 Å². The number of carboxylic acids is 1. The Bertz CT molecular complexity index is 1590. The van der Waals surface area contributed by atoms with Gasteiger partial charge in [0.2, 0.25) is 0 Å². The van der Waals surface area contributed by atoms with E-state index in [1.807, 2.05) is 20.8 Å². The van der Waals surface area contributed by atoms with Crippen molar-refractivity contribution < 1.29 is 52.8 Å². The van der Waals surface area contributed by atoms with Crippen LogP contribution in [-0.2, 0) is 47.7 Å². The number of epoxide rings is 1. The van der Waals surface area contributed by atoms with Crippen molar-refractivity contribution in [3.05, 3.63) is 0 Å². The molecule has 11 nitrogen and oxygen atoms in total. The summed E-state index contributed by atoms with van der Waals surface area (Å²) in [4.78, 5) is 61.0. The second-order valence-electron chi connectivity index (χ2n) is 20.7. The van der Waals surface area contributed by atoms with Crippen molar-refractivity contribution in [2.75, 3.05) is 7.11 Å². The standard InChI is InChI=1S/C33H46O8.C10H14O.C2H4O2.6CH4/c1-5-15(30(35)40-27-19-11-21-22(12-19)31(36)41-28(21)27)8-20(29(34)38-4)14-33(2,3)32(37)39-24-13-18-10-23(24)26-17-7-6-16(9-17)25(18)26;1-2-6-3-5(1)7-4-8-10(11-8)9(6)7;1-2(3)4;;;;;;/h15-28H,5-14H2,1-4H3;5-10H,1-4H2;1H3,(H,3,4);6*1H4. The summed E-state index contributed by atoms with van der Waals surface area (Å²) in [6, 6.07) is 0. The minimum atomic E-state index is -0.894. The Labute approximate surface area is 375 Å². The van der Waals surface area contributed by atoms with Crippen LogP contribution in [0.5, 0.6) is 0 Å². The molecule has 2 heterocycles. The van der Waals surface area contributed by atoms with Gasteiger partial charge in [-0.25, -0.2) is 0 Å². The highest BCUT2D eigenvalue weighted by molar-refractivity contribution is 5.80. The first-order valence-electron chi connectivity index (χ1n) is 22.3. The van der Waals surface area contributed by atoms with Crippen molar-refractivity contribution >= 4 is 29.8 Å². The summed E-state index contributed by atoms with van der Waals surface area (Å²) in [6.45, 7) is 6.68. The van der Waals surface area contributed by atoms with Crippen LogP contribution in [0.4, 0.5) is 0 Å². The number of methoxy groups -OCH3 is 1. The Hall–Kier alpha value is -2.69. The Balaban J connectivity index is 0.000000410. The van der Waals surface area contributed by atoms with E-state index in [-0.39, 0.29) is 105 Å². The number of esters is 4. The first kappa shape index (κ1) is 53.6. The number of carbonyl (C=O) groups excluding carboxylic acids is 4. The van der Waals surface area contributed by atoms with Crippen LogP contribution in [0.25, 0.3) is 0 Å². The van der Waals surface area contributed by atoms with Crippen molar-refractivity contribution in [1.29, 1.82) is 0 Å². The first-order chi connectivity index (χ1) is 26.8. The van der Waals surface area contributed by atoms with Crippen LogP contribution >= 0.6 is 0 Å². The summed E-state index contributed by atoms with van der Waals surface area (Å²) in [5.74, 6) is 5.97. The van der Waals surface area contributed by atoms with E-state index in [0.29, 0.717) is 18.3 Å². The van der Waals surface area contributed by atoms with Gasteiger partial charge in [0.25, 0.3) is 5.97 Å². The highest BCUT2D eigenvalue weighted by Gasteiger charge is 2.66. The number of fused-ring (bicyclic) bond motifs is 17. The van der Waals surface area contributed by atoms with Gasteiger partial charge in [0.1, 0.15) is 18.3 Å². The second kappa shape index (κ2) is 20.2. The largest absolute Gasteiger partial charge is 0.481 e. The zero-order chi connectivity index (χ0) is 39.4. The van der Waals surface area contributed by atoms with Crippen molar-refractivity contribution in [2.24, 2.45) is 94.2 Å². The maximum absolute atomic E-state index is 13.6. The Kier molecular flexibility index (Phi) is 17.5. The molecule has 20 unspecified atom stereocenters. The van der Waals surface area contributed by atoms with Crippen LogP contribution < -0.4 is 0 Å². The van der Waals surface area contributed by atoms with E-state index in [2.05, 4.69) is 0 Å². The molecule has 11 rings (SSSR count). The molecule has 2 aliphatic heterocycles. The lowest BCUT2D eigenvalue weighted by Crippen LogP contribution is -2.41. The molecule has 8 bridgehead atoms. The fourth-order valence-corrected chi connectivity index (χ4v) is 15.4. The lowest BCUT2D eigenvalue weighted by atomic mass is 9.70. The number of hydrogen-bond donors (Lipinski definition) is 1. The van der Waals surface area contributed by atoms with Gasteiger partial charge in [-0.1, -0.05) is 51.5 Å². The highest BCUT2D eigenvalue weighted by Crippen LogP contribution is 2.68. The van der Waals surface area contributed by atoms with E-state index in [0.717, 1.165) is 85.7 Å². The van der Waals surface area contributed by atoms with Gasteiger partial charge in [-0.15, -0.1) is 0 Å². The molecule has 1 N–H and O–H groups in total. The Morgan fingerprint density at radius 1 is 0.694 bits per heavy atom. The predicted molar refractivity (Wildman–Crippen MR) is 240 cm³/mol. The number of hydrogen-bond acceptors (Lipinski definition) is 10. The Morgan fingerprint density at radius 2 is 1.29 bits per heavy atom. The average Bonchev–Trinajstić information content (AvgIpc) is 3.98. The van der Waals surface area contributed by atoms with Gasteiger partial charge in [-0.3, -0.25) is 24.0 Å². The summed E-state index contributed by atoms with van der Waals surface area (Å²) in [7, 11) is 1.35. The van der Waals surface area contributed by atoms with Crippen LogP contribution in [0.3, 0.4) is 0 Å². The van der Waals surface area contributed by atoms with Gasteiger partial charge in [0.15, 0.2) is 0 Å². The van der Waals surface area contributed by atoms with Gasteiger partial charge in [0.05, 0.1) is 42.5 Å². The van der Waals surface area contributed by atoms with Gasteiger partial charge >= 0.3 is 23.9 Å². The quantitative estimate of drug-likeness (QED) is 0.0965. The van der Waals surface area contributed by atoms with Gasteiger partial charge in [0, 0.05) is 18.8 Å². The summed E-state index contributed by atoms with van der Waals surface area (Å²) < 4.78 is 28.5. The summed E-state index contributed by atoms with van der Waals surface area (Å²) >= 11 is 0. The van der Waals surface area contributed by atoms with Crippen LogP contribution in [-0.4, -0.2) is 72.6 Å². The number of carboxylic acid groups (broad SMARTS) is 1. The summed E-state index contributed by atoms with van der Waals surface area (Å²) in [5, 5.41) is 7.42. The summed E-state index contributed by atoms with van der Waals surface area (Å²) in [6.07, 6.45) is 15.7. The van der Waals surface area contributed by atoms with E-state index in [1.165, 1.54) is 45.6 Å². The number of rotatable bonds is 10. The topological polar surface area (TPSA) is 155 Å². The molecule has 358 valence electrons. The van der Waals surface area contributed by atoms with Crippen LogP contribution in [0.15, 0.2) is 0 Å². The Morgan fingerprint density at radius 3 is 1.92 bits per heavy atom. The molecule has 0 radical (unpaired) electrons. The third-order valence-corrected chi connectivity index (χ3v) is 17.5. The molecule has 0 aromatic rings. The predicted octanol–water partition coefficient (Wildman–Crippen LogP) is 10.4. The normalized spacial score (nSPS) is 41.9. The lowest BCUT2D eigenvalue weighted by Gasteiger charge is -2.39. The van der Waals surface area contributed by atoms with E-state index < -0.39 is 35.3 Å². The van der Waals surface area contributed by atoms with Gasteiger partial charge in [-0.05, 0) is 163 Å². The van der Waals surface area contributed by atoms with E-state index in [1.54, 1.807) is 12.8 Å². The van der Waals surface area contributed by atoms with Gasteiger partial charge in [-0.2, -0.15) is 0 Å². The average molecular weight is 877 g/mol. The number of ether oxygens (including phenoxy) is 5. The summed E-state index contributed by atoms with van der Waals surface area (Å²) in [5.41, 5.74) is -0.894. The monoisotopic (exact) mass is 877 g/mol. The minimum absolute atomic E-state index is 0. The smallest absolute Gasteiger partial charge is 0.311 e. The molecule has 11 aliphatic rings. The van der Waals surface area contributed by atoms with Crippen LogP contribution in [0.1, 0.15) is 162 Å². The molecular weight excluding hydrogens is 789 g/mol. The molecular formula is C51H88O11. The molecule has 62 heavy (non-hydrogen) atoms. The molecule has 11 fully saturated rings. The lowest BCUT2D eigenvalue weighted by molar-refractivity contribution is -0.168. The van der Waals surface area contributed by atoms with Crippen molar-refractivity contribution in [1.82, 2.24) is 0 Å². The van der Waals surface area contributed by atoms with Gasteiger partial charge < -0.3 is 28.8 Å². The highest BCUT2D eigenvalue weighted by atomic mass is 16.6. The van der Waals surface area contributed by atoms with E-state index >= 15 is 0 Å². The third-order valence-electron chi connectivity index (χ3n) is 17.5. The zero-order valence-corrected chi connectivity index (χ0v) is 34.0. The van der Waals surface area contributed by atoms with Crippen molar-refractivity contribution in [2.45, 2.75) is 193 Å². The third kappa shape index (κ3) is 9.23. The van der Waals surface area contributed by atoms with E-state index in [4.69, 9.17) is 33.6 Å². The molecule has 0 amide bonds. The first-order valence-corrected chi connectivity index (χ1v) is 22.3. The molecule has 11 heteroatoms. The molecule has 0 aromatic carbocycles. The molecule has 0 spiro atoms. The number of aliphatic carboxylic acids is 1. The fourth-order valence-electron chi connectivity index (χ4n) is 15.4. The molecule has 9 saturated carbocycles. The fraction of sp³-hybridized carbons (Fsp3) is 0.902. The maximum Gasteiger partial charge on any atom is 0.311 e. The SMILES string of the molecule is C.C.C.C.C.C.C1CC2CC1C1CC3OC3C21.CC(=O)O.CCC(CC(CC(C)(C)C(=O)OC1CC2CC1C1C3CCC(C3)C21)C(=O)OC)C(=O)OC1C2CC3C(=O)OC1C3C2. The molecule has 2 saturated heterocycles. The molecule has 0 aromatic heterocycles. The second-order valence-corrected chi connectivity index (χ2v) is 20.7. The maximum atomic E-state index is 13.6. The van der Waals surface area contributed by atoms with Crippen LogP contribution in [0.2, 0.25) is 0 Å². The van der Waals surface area contributed by atoms with Crippen molar-refractivity contribution in [3.8, 4) is 0 Å². The molecule has 20 atom stereocenters. The minimum Gasteiger partial charge on any atom is -0.481 e. The van der Waals surface area contributed by atoms with Crippen molar-refractivity contribution in [3.63, 3.8) is 0 Å². The molecule has 9 aliphatic carbocycles. The van der Waals surface area contributed by atoms with Crippen LogP contribution in [0, 0.1) is 94.2 Å². The zero-order valence-electron chi connectivity index (χ0n) is 34.0. The number of carbonyl (C=O) groups is 5.